The Balaban J connectivity index is 1.02. The minimum absolute atomic E-state index is 0.238. The van der Waals surface area contributed by atoms with Crippen molar-refractivity contribution in [2.75, 3.05) is 9.80 Å². The Morgan fingerprint density at radius 2 is 0.760 bits per heavy atom. The van der Waals surface area contributed by atoms with Crippen molar-refractivity contribution in [1.29, 1.82) is 0 Å². The van der Waals surface area contributed by atoms with Crippen LogP contribution in [0.2, 0.25) is 0 Å². The van der Waals surface area contributed by atoms with Crippen molar-refractivity contribution < 1.29 is 8.83 Å². The number of allylic oxidation sites excluding steroid dienone is 5. The van der Waals surface area contributed by atoms with Gasteiger partial charge in [-0.05, 0) is 145 Å². The van der Waals surface area contributed by atoms with Gasteiger partial charge in [-0.3, -0.25) is 0 Å². The smallest absolute Gasteiger partial charge is 0.252 e. The Labute approximate surface area is 558 Å². The number of anilines is 6. The molecule has 0 fully saturated rings. The summed E-state index contributed by atoms with van der Waals surface area (Å²) < 4.78 is 13.6. The number of benzene rings is 14. The predicted octanol–water partition coefficient (Wildman–Crippen LogP) is 23.4. The van der Waals surface area contributed by atoms with Crippen LogP contribution in [-0.2, 0) is 0 Å². The Morgan fingerprint density at radius 1 is 0.323 bits per heavy atom. The van der Waals surface area contributed by atoms with Gasteiger partial charge in [0.25, 0.3) is 6.71 Å². The monoisotopic (exact) mass is 1220 g/mol. The van der Waals surface area contributed by atoms with Crippen LogP contribution < -0.4 is 26.2 Å². The first-order chi connectivity index (χ1) is 47.5. The number of para-hydroxylation sites is 4. The lowest BCUT2D eigenvalue weighted by atomic mass is 9.33. The molecule has 0 unspecified atom stereocenters. The summed E-state index contributed by atoms with van der Waals surface area (Å²) >= 11 is 0. The van der Waals surface area contributed by atoms with Crippen LogP contribution in [0.4, 0.5) is 34.1 Å². The van der Waals surface area contributed by atoms with Gasteiger partial charge in [-0.2, -0.15) is 0 Å². The lowest BCUT2D eigenvalue weighted by Gasteiger charge is -2.46. The highest BCUT2D eigenvalue weighted by Gasteiger charge is 2.46. The number of hydrogen-bond donors (Lipinski definition) is 0. The summed E-state index contributed by atoms with van der Waals surface area (Å²) in [6, 6.07) is 116. The molecule has 450 valence electrons. The highest BCUT2D eigenvalue weighted by Crippen LogP contribution is 2.54. The predicted molar refractivity (Wildman–Crippen MR) is 406 cm³/mol. The molecule has 5 heteroatoms. The zero-order chi connectivity index (χ0) is 63.8. The van der Waals surface area contributed by atoms with E-state index in [1.165, 1.54) is 16.4 Å². The molecule has 0 aliphatic carbocycles. The van der Waals surface area contributed by atoms with E-state index in [2.05, 4.69) is 344 Å². The number of furan rings is 2. The second-order valence-corrected chi connectivity index (χ2v) is 25.0. The Bertz CT molecular complexity index is 5750. The third kappa shape index (κ3) is 9.38. The van der Waals surface area contributed by atoms with Gasteiger partial charge in [0.05, 0.1) is 11.4 Å². The average Bonchev–Trinajstić information content (AvgIpc) is 1.01. The van der Waals surface area contributed by atoms with Crippen molar-refractivity contribution in [3.8, 4) is 77.9 Å². The van der Waals surface area contributed by atoms with Gasteiger partial charge < -0.3 is 18.6 Å². The van der Waals surface area contributed by atoms with Crippen molar-refractivity contribution >= 4 is 107 Å². The van der Waals surface area contributed by atoms with E-state index in [4.69, 9.17) is 15.4 Å². The SMILES string of the molecule is C=C(/C=C\C=C/C)c1cccc(-c2ccccc2)c1N1c2cc(-c3ccccc3)ccc2B2c3ccc(-c4ccccc4)cc3N(c3c(-c4ccccc4)cccc3-c3ccccc3)c3cc(-c4cc(-c5ccc6oc7ccccc7c6c5)c5oc6ccccc6c5c4)cc1c32. The molecule has 4 heterocycles. The molecular weight excluding hydrogens is 1160 g/mol. The van der Waals surface area contributed by atoms with Gasteiger partial charge in [0, 0.05) is 72.1 Å². The molecular formula is C91H61BN2O2. The fourth-order valence-electron chi connectivity index (χ4n) is 15.1. The summed E-state index contributed by atoms with van der Waals surface area (Å²) in [6.45, 7) is 6.74. The van der Waals surface area contributed by atoms with E-state index in [9.17, 15) is 0 Å². The number of fused-ring (bicyclic) bond motifs is 10. The number of hydrogen-bond acceptors (Lipinski definition) is 4. The number of nitrogens with zero attached hydrogens (tertiary/aromatic N) is 2. The zero-order valence-electron chi connectivity index (χ0n) is 52.8. The van der Waals surface area contributed by atoms with E-state index in [0.29, 0.717) is 0 Å². The summed E-state index contributed by atoms with van der Waals surface area (Å²) in [6.07, 6.45) is 8.39. The molecule has 0 radical (unpaired) electrons. The van der Waals surface area contributed by atoms with Crippen molar-refractivity contribution in [1.82, 2.24) is 0 Å². The summed E-state index contributed by atoms with van der Waals surface area (Å²) in [5.74, 6) is 0. The highest BCUT2D eigenvalue weighted by atomic mass is 16.3. The summed E-state index contributed by atoms with van der Waals surface area (Å²) in [5.41, 5.74) is 30.6. The standard InChI is InChI=1S/C91H61BN2O2/c1-3-4-10-27-59(2)70-40-25-41-71(62-32-15-7-16-33-62)89(70)93-81-55-65(60-28-11-5-12-29-60)46-49-79(81)92-80-50-47-66(61-30-13-6-14-31-61)56-82(80)94(90-72(63-34-17-8-18-35-63)42-26-43-73(90)64-36-19-9-20-37-64)84-58-69(57-83(93)88(84)92)68-53-76(91-78(54-68)75-39-22-24-45-86(75)96-91)67-48-51-87-77(52-67)74-38-21-23-44-85(74)95-87/h3-58H,2H2,1H3/b4-3-,27-10-. The van der Waals surface area contributed by atoms with Crippen LogP contribution in [0.25, 0.3) is 127 Å². The van der Waals surface area contributed by atoms with Crippen LogP contribution in [-0.4, -0.2) is 6.71 Å². The number of rotatable bonds is 12. The van der Waals surface area contributed by atoms with E-state index < -0.39 is 0 Å². The van der Waals surface area contributed by atoms with Gasteiger partial charge in [0.1, 0.15) is 22.3 Å². The molecule has 18 rings (SSSR count). The molecule has 2 aliphatic heterocycles. The van der Waals surface area contributed by atoms with Gasteiger partial charge in [-0.15, -0.1) is 0 Å². The summed E-state index contributed by atoms with van der Waals surface area (Å²) in [7, 11) is 0. The second-order valence-electron chi connectivity index (χ2n) is 25.0. The molecule has 0 bridgehead atoms. The van der Waals surface area contributed by atoms with Gasteiger partial charge >= 0.3 is 0 Å². The first-order valence-corrected chi connectivity index (χ1v) is 33.0. The normalized spacial score (nSPS) is 12.5. The van der Waals surface area contributed by atoms with Crippen LogP contribution in [0, 0.1) is 0 Å². The largest absolute Gasteiger partial charge is 0.456 e. The molecule has 4 nitrogen and oxygen atoms in total. The maximum absolute atomic E-state index is 7.07. The zero-order valence-corrected chi connectivity index (χ0v) is 52.8. The minimum atomic E-state index is -0.238. The first kappa shape index (κ1) is 56.3. The average molecular weight is 1230 g/mol. The van der Waals surface area contributed by atoms with Crippen molar-refractivity contribution in [2.45, 2.75) is 6.92 Å². The molecule has 2 aliphatic rings. The van der Waals surface area contributed by atoms with E-state index in [-0.39, 0.29) is 6.71 Å². The maximum atomic E-state index is 7.07. The topological polar surface area (TPSA) is 32.8 Å². The maximum Gasteiger partial charge on any atom is 0.252 e. The fraction of sp³-hybridized carbons (Fsp3) is 0.0110. The van der Waals surface area contributed by atoms with Gasteiger partial charge in [-0.1, -0.05) is 286 Å². The van der Waals surface area contributed by atoms with E-state index in [1.807, 2.05) is 12.1 Å². The Morgan fingerprint density at radius 3 is 1.32 bits per heavy atom. The minimum Gasteiger partial charge on any atom is -0.456 e. The second kappa shape index (κ2) is 23.3. The third-order valence-electron chi connectivity index (χ3n) is 19.5. The van der Waals surface area contributed by atoms with Gasteiger partial charge in [0.2, 0.25) is 0 Å². The summed E-state index contributed by atoms with van der Waals surface area (Å²) in [4.78, 5) is 5.25. The van der Waals surface area contributed by atoms with E-state index in [1.54, 1.807) is 0 Å². The highest BCUT2D eigenvalue weighted by molar-refractivity contribution is 7.00. The van der Waals surface area contributed by atoms with E-state index in [0.717, 1.165) is 167 Å². The molecule has 96 heavy (non-hydrogen) atoms. The summed E-state index contributed by atoms with van der Waals surface area (Å²) in [5, 5.41) is 4.21. The van der Waals surface area contributed by atoms with Crippen molar-refractivity contribution in [3.63, 3.8) is 0 Å². The lowest BCUT2D eigenvalue weighted by molar-refractivity contribution is 0.668. The Kier molecular flexibility index (Phi) is 13.7. The van der Waals surface area contributed by atoms with Crippen LogP contribution in [0.15, 0.2) is 355 Å². The first-order valence-electron chi connectivity index (χ1n) is 33.0. The molecule has 0 amide bonds. The molecule has 14 aromatic carbocycles. The molecule has 2 aromatic heterocycles. The third-order valence-corrected chi connectivity index (χ3v) is 19.5. The Hall–Kier alpha value is -12.4. The molecule has 0 N–H and O–H groups in total. The van der Waals surface area contributed by atoms with Crippen LogP contribution >= 0.6 is 0 Å². The van der Waals surface area contributed by atoms with Crippen LogP contribution in [0.1, 0.15) is 12.5 Å². The quantitative estimate of drug-likeness (QED) is 0.0901. The van der Waals surface area contributed by atoms with Gasteiger partial charge in [0.15, 0.2) is 0 Å². The van der Waals surface area contributed by atoms with Crippen molar-refractivity contribution in [3.05, 3.63) is 352 Å². The van der Waals surface area contributed by atoms with Crippen molar-refractivity contribution in [2.24, 2.45) is 0 Å². The lowest BCUT2D eigenvalue weighted by Crippen LogP contribution is -2.61. The van der Waals surface area contributed by atoms with Crippen LogP contribution in [0.5, 0.6) is 0 Å². The molecule has 0 saturated heterocycles. The van der Waals surface area contributed by atoms with Crippen LogP contribution in [0.3, 0.4) is 0 Å². The molecule has 0 atom stereocenters. The van der Waals surface area contributed by atoms with Gasteiger partial charge in [-0.25, -0.2) is 0 Å². The molecule has 16 aromatic rings. The van der Waals surface area contributed by atoms with E-state index >= 15 is 0 Å². The molecule has 0 saturated carbocycles. The fourth-order valence-corrected chi connectivity index (χ4v) is 15.1. The molecule has 0 spiro atoms.